The van der Waals surface area contributed by atoms with E-state index in [1.54, 1.807) is 24.3 Å². The number of aliphatic carboxylic acids is 1. The smallest absolute Gasteiger partial charge is 0.334 e. The number of anilines is 1. The summed E-state index contributed by atoms with van der Waals surface area (Å²) in [6.45, 7) is 3.84. The molecule has 1 aliphatic carbocycles. The second-order valence-corrected chi connectivity index (χ2v) is 11.0. The Morgan fingerprint density at radius 2 is 1.37 bits per heavy atom. The van der Waals surface area contributed by atoms with Crippen LogP contribution in [0.5, 0.6) is 0 Å². The Labute approximate surface area is 241 Å². The van der Waals surface area contributed by atoms with E-state index in [1.807, 2.05) is 24.3 Å². The first-order chi connectivity index (χ1) is 19.7. The molecule has 0 radical (unpaired) electrons. The van der Waals surface area contributed by atoms with Crippen molar-refractivity contribution >= 4 is 23.6 Å². The van der Waals surface area contributed by atoms with E-state index in [-0.39, 0.29) is 6.03 Å². The number of hydrogen-bond acceptors (Lipinski definition) is 4. The molecule has 1 fully saturated rings. The molecule has 4 rings (SSSR count). The molecule has 1 aliphatic rings. The Morgan fingerprint density at radius 3 is 1.93 bits per heavy atom. The van der Waals surface area contributed by atoms with Gasteiger partial charge in [0.2, 0.25) is 0 Å². The van der Waals surface area contributed by atoms with Crippen LogP contribution >= 0.6 is 0 Å². The van der Waals surface area contributed by atoms with Gasteiger partial charge in [-0.05, 0) is 71.2 Å². The molecule has 0 saturated heterocycles. The molecule has 0 heterocycles. The predicted molar refractivity (Wildman–Crippen MR) is 159 cm³/mol. The molecule has 0 spiro atoms. The first kappa shape index (κ1) is 29.8. The third-order valence-electron chi connectivity index (χ3n) is 7.70. The second kappa shape index (κ2) is 13.9. The van der Waals surface area contributed by atoms with Crippen molar-refractivity contribution in [1.29, 1.82) is 0 Å². The van der Waals surface area contributed by atoms with Crippen molar-refractivity contribution in [3.05, 3.63) is 101 Å². The Hall–Kier alpha value is -4.17. The van der Waals surface area contributed by atoms with Gasteiger partial charge in [-0.15, -0.1) is 0 Å². The summed E-state index contributed by atoms with van der Waals surface area (Å²) < 4.78 is 0. The Bertz CT molecular complexity index is 1310. The van der Waals surface area contributed by atoms with Gasteiger partial charge in [0.05, 0.1) is 12.6 Å². The molecule has 41 heavy (non-hydrogen) atoms. The molecule has 3 aromatic rings. The lowest BCUT2D eigenvalue weighted by atomic mass is 9.83. The molecule has 216 valence electrons. The predicted octanol–water partition coefficient (Wildman–Crippen LogP) is 5.94. The number of hydrogen-bond donors (Lipinski definition) is 5. The summed E-state index contributed by atoms with van der Waals surface area (Å²) in [5.41, 5.74) is 5.20. The lowest BCUT2D eigenvalue weighted by Crippen LogP contribution is -2.36. The summed E-state index contributed by atoms with van der Waals surface area (Å²) in [6, 6.07) is 22.1. The zero-order valence-corrected chi connectivity index (χ0v) is 23.6. The summed E-state index contributed by atoms with van der Waals surface area (Å²) in [5, 5.41) is 26.7. The summed E-state index contributed by atoms with van der Waals surface area (Å²) >= 11 is 0. The number of amides is 3. The first-order valence-electron chi connectivity index (χ1n) is 14.3. The molecule has 8 heteroatoms. The van der Waals surface area contributed by atoms with Gasteiger partial charge in [-0.2, -0.15) is 0 Å². The van der Waals surface area contributed by atoms with Crippen molar-refractivity contribution in [2.24, 2.45) is 0 Å². The van der Waals surface area contributed by atoms with Crippen LogP contribution in [0.3, 0.4) is 0 Å². The number of benzene rings is 3. The van der Waals surface area contributed by atoms with Crippen LogP contribution in [0, 0.1) is 0 Å². The number of aliphatic hydroxyl groups is 1. The minimum atomic E-state index is -1.68. The van der Waals surface area contributed by atoms with Crippen LogP contribution in [-0.2, 0) is 4.79 Å². The monoisotopic (exact) mass is 557 g/mol. The number of rotatable bonds is 10. The molecule has 3 amide bonds. The molecule has 8 nitrogen and oxygen atoms in total. The molecular weight excluding hydrogens is 518 g/mol. The Balaban J connectivity index is 1.52. The van der Waals surface area contributed by atoms with Crippen LogP contribution in [0.2, 0.25) is 0 Å². The zero-order valence-electron chi connectivity index (χ0n) is 23.6. The highest BCUT2D eigenvalue weighted by molar-refractivity contribution is 5.94. The summed E-state index contributed by atoms with van der Waals surface area (Å²) in [5.74, 6) is -0.941. The van der Waals surface area contributed by atoms with Crippen LogP contribution in [-0.4, -0.2) is 40.8 Å². The van der Waals surface area contributed by atoms with Crippen molar-refractivity contribution in [2.45, 2.75) is 69.9 Å². The van der Waals surface area contributed by atoms with Gasteiger partial charge in [-0.1, -0.05) is 81.6 Å². The van der Waals surface area contributed by atoms with E-state index in [4.69, 9.17) is 5.11 Å². The maximum atomic E-state index is 13.1. The van der Waals surface area contributed by atoms with E-state index >= 15 is 0 Å². The second-order valence-electron chi connectivity index (χ2n) is 11.0. The summed E-state index contributed by atoms with van der Waals surface area (Å²) in [6.07, 6.45) is 4.53. The molecule has 1 saturated carbocycles. The van der Waals surface area contributed by atoms with Crippen molar-refractivity contribution in [3.63, 3.8) is 0 Å². The van der Waals surface area contributed by atoms with Crippen molar-refractivity contribution in [1.82, 2.24) is 10.6 Å². The quantitative estimate of drug-likeness (QED) is 0.211. The van der Waals surface area contributed by atoms with E-state index in [1.165, 1.54) is 43.2 Å². The highest BCUT2D eigenvalue weighted by atomic mass is 16.4. The van der Waals surface area contributed by atoms with Gasteiger partial charge in [0.25, 0.3) is 5.91 Å². The van der Waals surface area contributed by atoms with Crippen molar-refractivity contribution < 1.29 is 24.6 Å². The lowest BCUT2D eigenvalue weighted by molar-refractivity contribution is -0.146. The van der Waals surface area contributed by atoms with E-state index in [9.17, 15) is 19.5 Å². The van der Waals surface area contributed by atoms with Gasteiger partial charge in [-0.25, -0.2) is 9.59 Å². The molecule has 0 aromatic heterocycles. The van der Waals surface area contributed by atoms with Gasteiger partial charge < -0.3 is 26.2 Å². The van der Waals surface area contributed by atoms with Crippen molar-refractivity contribution in [3.8, 4) is 0 Å². The average molecular weight is 558 g/mol. The minimum absolute atomic E-state index is 0.312. The Kier molecular flexibility index (Phi) is 10.1. The Morgan fingerprint density at radius 1 is 0.805 bits per heavy atom. The number of carboxylic acids is 1. The number of carbonyl (C=O) groups is 3. The molecule has 0 aliphatic heterocycles. The fourth-order valence-electron chi connectivity index (χ4n) is 5.21. The standard InChI is InChI=1S/C33H39N3O5/c1-21(2)22-16-18-28(19-17-22)35-33(41)36-30(25-10-8-24(9-11-25)23-6-4-3-5-7-23)26-12-14-27(15-13-26)31(38)34-20-29(37)32(39)40/h8-19,21,23,29-30,37H,3-7,20H2,1-2H3,(H,34,38)(H,39,40)(H2,35,36,41)/t29-,30?/m1/s1. The molecule has 0 bridgehead atoms. The highest BCUT2D eigenvalue weighted by Gasteiger charge is 2.21. The largest absolute Gasteiger partial charge is 0.479 e. The fourth-order valence-corrected chi connectivity index (χ4v) is 5.21. The van der Waals surface area contributed by atoms with Crippen LogP contribution < -0.4 is 16.0 Å². The maximum Gasteiger partial charge on any atom is 0.334 e. The van der Waals surface area contributed by atoms with E-state index < -0.39 is 30.6 Å². The van der Waals surface area contributed by atoms with Gasteiger partial charge in [0.15, 0.2) is 6.10 Å². The number of carboxylic acid groups (broad SMARTS) is 1. The third kappa shape index (κ3) is 8.17. The average Bonchev–Trinajstić information content (AvgIpc) is 2.99. The van der Waals surface area contributed by atoms with Gasteiger partial charge in [-0.3, -0.25) is 4.79 Å². The van der Waals surface area contributed by atoms with Crippen LogP contribution in [0.1, 0.15) is 96.4 Å². The van der Waals surface area contributed by atoms with Crippen LogP contribution in [0.15, 0.2) is 72.8 Å². The number of nitrogens with one attached hydrogen (secondary N) is 3. The van der Waals surface area contributed by atoms with Crippen LogP contribution in [0.25, 0.3) is 0 Å². The van der Waals surface area contributed by atoms with E-state index in [2.05, 4.69) is 54.1 Å². The molecule has 5 N–H and O–H groups in total. The van der Waals surface area contributed by atoms with Gasteiger partial charge >= 0.3 is 12.0 Å². The molecule has 2 atom stereocenters. The summed E-state index contributed by atoms with van der Waals surface area (Å²) in [7, 11) is 0. The van der Waals surface area contributed by atoms with E-state index in [0.717, 1.165) is 11.1 Å². The van der Waals surface area contributed by atoms with E-state index in [0.29, 0.717) is 23.1 Å². The highest BCUT2D eigenvalue weighted by Crippen LogP contribution is 2.33. The SMILES string of the molecule is CC(C)c1ccc(NC(=O)NC(c2ccc(C(=O)NC[C@@H](O)C(=O)O)cc2)c2ccc(C3CCCCC3)cc2)cc1. The number of carbonyl (C=O) groups excluding carboxylic acids is 2. The molecule has 1 unspecified atom stereocenters. The topological polar surface area (TPSA) is 128 Å². The lowest BCUT2D eigenvalue weighted by Gasteiger charge is -2.24. The number of aliphatic hydroxyl groups excluding tert-OH is 1. The fraction of sp³-hybridized carbons (Fsp3) is 0.364. The molecular formula is C33H39N3O5. The summed E-state index contributed by atoms with van der Waals surface area (Å²) in [4.78, 5) is 36.4. The van der Waals surface area contributed by atoms with Crippen molar-refractivity contribution in [2.75, 3.05) is 11.9 Å². The zero-order chi connectivity index (χ0) is 29.4. The van der Waals surface area contributed by atoms with Crippen LogP contribution in [0.4, 0.5) is 10.5 Å². The third-order valence-corrected chi connectivity index (χ3v) is 7.70. The maximum absolute atomic E-state index is 13.1. The van der Waals surface area contributed by atoms with Gasteiger partial charge in [0.1, 0.15) is 0 Å². The number of urea groups is 1. The normalized spacial score (nSPS) is 15.1. The minimum Gasteiger partial charge on any atom is -0.479 e. The first-order valence-corrected chi connectivity index (χ1v) is 14.3. The molecule has 3 aromatic carbocycles. The van der Waals surface area contributed by atoms with Gasteiger partial charge in [0, 0.05) is 11.3 Å².